The fraction of sp³-hybridized carbons (Fsp3) is 0.273. The molecule has 1 aliphatic rings. The van der Waals surface area contributed by atoms with Crippen molar-refractivity contribution in [3.63, 3.8) is 0 Å². The van der Waals surface area contributed by atoms with Crippen molar-refractivity contribution in [1.82, 2.24) is 0 Å². The molecule has 1 fully saturated rings. The van der Waals surface area contributed by atoms with Crippen LogP contribution in [0.3, 0.4) is 0 Å². The first-order valence-corrected chi connectivity index (χ1v) is 7.22. The van der Waals surface area contributed by atoms with Gasteiger partial charge in [0.15, 0.2) is 15.8 Å². The van der Waals surface area contributed by atoms with Crippen molar-refractivity contribution in [2.24, 2.45) is 27.2 Å². The van der Waals surface area contributed by atoms with E-state index in [0.717, 1.165) is 12.8 Å². The van der Waals surface area contributed by atoms with E-state index in [-0.39, 0.29) is 17.2 Å². The first kappa shape index (κ1) is 13.3. The van der Waals surface area contributed by atoms with Crippen LogP contribution in [0.2, 0.25) is 0 Å². The van der Waals surface area contributed by atoms with Crippen molar-refractivity contribution in [3.8, 4) is 0 Å². The number of nitrogens with two attached hydrogens (primary N) is 3. The number of nitrogens with zero attached hydrogens (tertiary/aromatic N) is 2. The van der Waals surface area contributed by atoms with Crippen LogP contribution >= 0.6 is 0 Å². The first-order chi connectivity index (χ1) is 8.89. The van der Waals surface area contributed by atoms with Crippen LogP contribution in [0.5, 0.6) is 0 Å². The Kier molecular flexibility index (Phi) is 3.43. The third-order valence-electron chi connectivity index (χ3n) is 2.62. The molecule has 0 atom stereocenters. The zero-order valence-electron chi connectivity index (χ0n) is 10.2. The average Bonchev–Trinajstić information content (AvgIpc) is 3.12. The highest BCUT2D eigenvalue weighted by molar-refractivity contribution is 7.92. The molecule has 1 aromatic carbocycles. The fourth-order valence-corrected chi connectivity index (χ4v) is 3.23. The van der Waals surface area contributed by atoms with E-state index in [0.29, 0.717) is 10.6 Å². The molecule has 2 rings (SSSR count). The van der Waals surface area contributed by atoms with Gasteiger partial charge in [-0.1, -0.05) is 0 Å². The summed E-state index contributed by atoms with van der Waals surface area (Å²) in [5, 5.41) is -0.228. The summed E-state index contributed by atoms with van der Waals surface area (Å²) < 4.78 is 23.9. The van der Waals surface area contributed by atoms with Gasteiger partial charge in [-0.3, -0.25) is 0 Å². The lowest BCUT2D eigenvalue weighted by Gasteiger charge is -2.02. The average molecular weight is 281 g/mol. The SMILES string of the molecule is NC(N)=NC(N)=Nc1ccc(S(=O)(=O)C2CC2)cc1. The van der Waals surface area contributed by atoms with Crippen molar-refractivity contribution in [2.45, 2.75) is 23.0 Å². The predicted octanol–water partition coefficient (Wildman–Crippen LogP) is -0.158. The van der Waals surface area contributed by atoms with E-state index in [9.17, 15) is 8.42 Å². The minimum Gasteiger partial charge on any atom is -0.370 e. The topological polar surface area (TPSA) is 137 Å². The molecule has 0 aliphatic heterocycles. The standard InChI is InChI=1S/C11H15N5O2S/c12-10(13)16-11(14)15-7-1-3-8(4-2-7)19(17,18)9-5-6-9/h1-4,9H,5-6H2,(H6,12,13,14,15,16). The fourth-order valence-electron chi connectivity index (χ4n) is 1.57. The van der Waals surface area contributed by atoms with Gasteiger partial charge in [0.1, 0.15) is 0 Å². The van der Waals surface area contributed by atoms with Crippen molar-refractivity contribution in [1.29, 1.82) is 0 Å². The number of hydrogen-bond donors (Lipinski definition) is 3. The minimum atomic E-state index is -3.18. The Morgan fingerprint density at radius 3 is 2.16 bits per heavy atom. The van der Waals surface area contributed by atoms with Gasteiger partial charge in [-0.2, -0.15) is 4.99 Å². The second-order valence-corrected chi connectivity index (χ2v) is 6.47. The molecule has 0 amide bonds. The molecular formula is C11H15N5O2S. The molecule has 1 saturated carbocycles. The minimum absolute atomic E-state index is 0.0854. The number of sulfone groups is 1. The van der Waals surface area contributed by atoms with Gasteiger partial charge >= 0.3 is 0 Å². The van der Waals surface area contributed by atoms with Gasteiger partial charge in [-0.15, -0.1) is 0 Å². The summed E-state index contributed by atoms with van der Waals surface area (Å²) in [6.07, 6.45) is 1.47. The number of rotatable bonds is 3. The van der Waals surface area contributed by atoms with Crippen LogP contribution in [-0.2, 0) is 9.84 Å². The molecule has 1 aliphatic carbocycles. The monoisotopic (exact) mass is 281 g/mol. The Balaban J connectivity index is 2.22. The lowest BCUT2D eigenvalue weighted by molar-refractivity contribution is 0.595. The van der Waals surface area contributed by atoms with Crippen LogP contribution in [0.1, 0.15) is 12.8 Å². The number of guanidine groups is 2. The Morgan fingerprint density at radius 1 is 1.11 bits per heavy atom. The summed E-state index contributed by atoms with van der Waals surface area (Å²) in [6, 6.07) is 6.14. The Morgan fingerprint density at radius 2 is 1.68 bits per heavy atom. The van der Waals surface area contributed by atoms with Gasteiger partial charge in [-0.05, 0) is 37.1 Å². The molecule has 0 unspecified atom stereocenters. The first-order valence-electron chi connectivity index (χ1n) is 5.67. The summed E-state index contributed by atoms with van der Waals surface area (Å²) in [5.41, 5.74) is 16.3. The Labute approximate surface area is 111 Å². The molecule has 0 bridgehead atoms. The van der Waals surface area contributed by atoms with Crippen LogP contribution in [0.25, 0.3) is 0 Å². The van der Waals surface area contributed by atoms with Gasteiger partial charge in [0, 0.05) is 0 Å². The molecule has 0 spiro atoms. The highest BCUT2D eigenvalue weighted by Gasteiger charge is 2.36. The highest BCUT2D eigenvalue weighted by Crippen LogP contribution is 2.33. The maximum atomic E-state index is 12.0. The third kappa shape index (κ3) is 3.22. The van der Waals surface area contributed by atoms with Crippen LogP contribution in [0.15, 0.2) is 39.1 Å². The van der Waals surface area contributed by atoms with Crippen LogP contribution in [-0.4, -0.2) is 25.6 Å². The molecule has 7 nitrogen and oxygen atoms in total. The zero-order valence-corrected chi connectivity index (χ0v) is 11.0. The maximum absolute atomic E-state index is 12.0. The lowest BCUT2D eigenvalue weighted by Crippen LogP contribution is -2.26. The van der Waals surface area contributed by atoms with Crippen molar-refractivity contribution >= 4 is 27.4 Å². The highest BCUT2D eigenvalue weighted by atomic mass is 32.2. The van der Waals surface area contributed by atoms with E-state index in [1.165, 1.54) is 12.1 Å². The Hall–Kier alpha value is -2.09. The number of aliphatic imine (C=N–C) groups is 2. The van der Waals surface area contributed by atoms with E-state index in [1.807, 2.05) is 0 Å². The van der Waals surface area contributed by atoms with E-state index in [2.05, 4.69) is 9.98 Å². The largest absolute Gasteiger partial charge is 0.370 e. The van der Waals surface area contributed by atoms with Gasteiger partial charge < -0.3 is 17.2 Å². The van der Waals surface area contributed by atoms with Crippen molar-refractivity contribution < 1.29 is 8.42 Å². The lowest BCUT2D eigenvalue weighted by atomic mass is 10.3. The molecule has 6 N–H and O–H groups in total. The smallest absolute Gasteiger partial charge is 0.223 e. The molecule has 8 heteroatoms. The van der Waals surface area contributed by atoms with Gasteiger partial charge in [-0.25, -0.2) is 13.4 Å². The summed E-state index contributed by atoms with van der Waals surface area (Å²) in [6.45, 7) is 0. The van der Waals surface area contributed by atoms with E-state index < -0.39 is 9.84 Å². The second-order valence-electron chi connectivity index (χ2n) is 4.24. The van der Waals surface area contributed by atoms with Gasteiger partial charge in [0.05, 0.1) is 15.8 Å². The Bertz CT molecular complexity index is 626. The van der Waals surface area contributed by atoms with Crippen LogP contribution in [0, 0.1) is 0 Å². The quantitative estimate of drug-likeness (QED) is 0.522. The predicted molar refractivity (Wildman–Crippen MR) is 73.7 cm³/mol. The zero-order chi connectivity index (χ0) is 14.0. The van der Waals surface area contributed by atoms with Crippen molar-refractivity contribution in [2.75, 3.05) is 0 Å². The molecule has 0 saturated heterocycles. The summed E-state index contributed by atoms with van der Waals surface area (Å²) in [7, 11) is -3.18. The number of hydrogen-bond acceptors (Lipinski definition) is 3. The maximum Gasteiger partial charge on any atom is 0.223 e. The van der Waals surface area contributed by atoms with E-state index in [1.54, 1.807) is 12.1 Å². The van der Waals surface area contributed by atoms with Gasteiger partial charge in [0.25, 0.3) is 0 Å². The summed E-state index contributed by atoms with van der Waals surface area (Å²) >= 11 is 0. The summed E-state index contributed by atoms with van der Waals surface area (Å²) in [4.78, 5) is 7.80. The molecule has 102 valence electrons. The molecule has 19 heavy (non-hydrogen) atoms. The second kappa shape index (κ2) is 4.88. The van der Waals surface area contributed by atoms with Crippen LogP contribution < -0.4 is 17.2 Å². The molecule has 0 radical (unpaired) electrons. The summed E-state index contributed by atoms with van der Waals surface area (Å²) in [5.74, 6) is -0.271. The molecule has 1 aromatic rings. The molecule has 0 aromatic heterocycles. The van der Waals surface area contributed by atoms with Gasteiger partial charge in [0.2, 0.25) is 5.96 Å². The van der Waals surface area contributed by atoms with E-state index >= 15 is 0 Å². The van der Waals surface area contributed by atoms with Crippen molar-refractivity contribution in [3.05, 3.63) is 24.3 Å². The number of benzene rings is 1. The van der Waals surface area contributed by atoms with E-state index in [4.69, 9.17) is 17.2 Å². The van der Waals surface area contributed by atoms with Crippen LogP contribution in [0.4, 0.5) is 5.69 Å². The molecule has 0 heterocycles. The normalized spacial score (nSPS) is 16.1. The third-order valence-corrected chi connectivity index (χ3v) is 4.89. The molecular weight excluding hydrogens is 266 g/mol.